The lowest BCUT2D eigenvalue weighted by Crippen LogP contribution is -2.36. The fourth-order valence-electron chi connectivity index (χ4n) is 3.55. The van der Waals surface area contributed by atoms with Gasteiger partial charge in [-0.2, -0.15) is 0 Å². The van der Waals surface area contributed by atoms with Crippen LogP contribution in [-0.4, -0.2) is 47.2 Å². The highest BCUT2D eigenvalue weighted by Crippen LogP contribution is 2.37. The topological polar surface area (TPSA) is 51.7 Å². The second kappa shape index (κ2) is 6.24. The van der Waals surface area contributed by atoms with E-state index in [2.05, 4.69) is 4.98 Å². The number of aromatic nitrogens is 1. The summed E-state index contributed by atoms with van der Waals surface area (Å²) in [5.41, 5.74) is 0.466. The Morgan fingerprint density at radius 3 is 2.92 bits per heavy atom. The van der Waals surface area contributed by atoms with Crippen molar-refractivity contribution in [1.82, 2.24) is 9.88 Å². The number of likely N-dealkylation sites (tertiary alicyclic amines) is 1. The van der Waals surface area contributed by atoms with Gasteiger partial charge in [-0.25, -0.2) is 0 Å². The number of carbonyl (C=O) groups is 1. The standard InChI is InChI=1S/C19H20N2O3/c22-18(15-5-2-1-3-6-15)21-10-8-19(14-21)11-17(13-23-19)24-16-7-4-9-20-12-16/h1-7,9,12,17H,8,10-11,13-14H2/t17-,19-/m0/s1. The number of ether oxygens (including phenoxy) is 2. The van der Waals surface area contributed by atoms with Crippen LogP contribution in [0.25, 0.3) is 0 Å². The third-order valence-corrected chi connectivity index (χ3v) is 4.74. The lowest BCUT2D eigenvalue weighted by Gasteiger charge is -2.23. The summed E-state index contributed by atoms with van der Waals surface area (Å²) in [6, 6.07) is 13.2. The van der Waals surface area contributed by atoms with Crippen molar-refractivity contribution in [2.24, 2.45) is 0 Å². The highest BCUT2D eigenvalue weighted by atomic mass is 16.6. The van der Waals surface area contributed by atoms with Gasteiger partial charge in [0.05, 0.1) is 24.9 Å². The fraction of sp³-hybridized carbons (Fsp3) is 0.368. The Morgan fingerprint density at radius 1 is 1.25 bits per heavy atom. The average Bonchev–Trinajstić information content (AvgIpc) is 3.23. The van der Waals surface area contributed by atoms with E-state index in [9.17, 15) is 4.79 Å². The molecule has 5 heteroatoms. The van der Waals surface area contributed by atoms with Crippen LogP contribution in [0.4, 0.5) is 0 Å². The molecule has 3 heterocycles. The van der Waals surface area contributed by atoms with Crippen LogP contribution < -0.4 is 4.74 Å². The summed E-state index contributed by atoms with van der Waals surface area (Å²) < 4.78 is 12.0. The molecular weight excluding hydrogens is 304 g/mol. The zero-order valence-electron chi connectivity index (χ0n) is 13.4. The van der Waals surface area contributed by atoms with Crippen molar-refractivity contribution in [3.8, 4) is 5.75 Å². The third kappa shape index (κ3) is 2.99. The van der Waals surface area contributed by atoms with Gasteiger partial charge in [-0.3, -0.25) is 9.78 Å². The SMILES string of the molecule is O=C(c1ccccc1)N1CC[C@]2(C[C@H](Oc3cccnc3)CO2)C1. The van der Waals surface area contributed by atoms with Crippen LogP contribution in [0.15, 0.2) is 54.9 Å². The number of nitrogens with zero attached hydrogens (tertiary/aromatic N) is 2. The Balaban J connectivity index is 1.39. The number of amides is 1. The Bertz CT molecular complexity index is 707. The number of benzene rings is 1. The first-order chi connectivity index (χ1) is 11.7. The van der Waals surface area contributed by atoms with E-state index in [0.717, 1.165) is 30.7 Å². The maximum atomic E-state index is 12.6. The van der Waals surface area contributed by atoms with Gasteiger partial charge in [0.1, 0.15) is 11.9 Å². The molecular formula is C19H20N2O3. The van der Waals surface area contributed by atoms with Crippen LogP contribution in [0.3, 0.4) is 0 Å². The molecule has 1 amide bonds. The number of rotatable bonds is 3. The van der Waals surface area contributed by atoms with Crippen molar-refractivity contribution in [3.05, 3.63) is 60.4 Å². The molecule has 2 aromatic rings. The van der Waals surface area contributed by atoms with Gasteiger partial charge in [0, 0.05) is 24.7 Å². The summed E-state index contributed by atoms with van der Waals surface area (Å²) in [7, 11) is 0. The Morgan fingerprint density at radius 2 is 2.12 bits per heavy atom. The zero-order chi connectivity index (χ0) is 16.4. The molecule has 4 rings (SSSR count). The van der Waals surface area contributed by atoms with E-state index in [1.165, 1.54) is 0 Å². The predicted molar refractivity (Wildman–Crippen MR) is 88.9 cm³/mol. The minimum absolute atomic E-state index is 0.0148. The molecule has 2 aliphatic heterocycles. The van der Waals surface area contributed by atoms with E-state index >= 15 is 0 Å². The van der Waals surface area contributed by atoms with Crippen molar-refractivity contribution in [3.63, 3.8) is 0 Å². The molecule has 2 atom stereocenters. The number of pyridine rings is 1. The summed E-state index contributed by atoms with van der Waals surface area (Å²) in [5, 5.41) is 0. The van der Waals surface area contributed by atoms with Gasteiger partial charge < -0.3 is 14.4 Å². The molecule has 0 unspecified atom stereocenters. The van der Waals surface area contributed by atoms with Gasteiger partial charge in [0.2, 0.25) is 0 Å². The van der Waals surface area contributed by atoms with Gasteiger partial charge in [-0.1, -0.05) is 18.2 Å². The number of hydrogen-bond donors (Lipinski definition) is 0. The smallest absolute Gasteiger partial charge is 0.253 e. The van der Waals surface area contributed by atoms with Crippen LogP contribution in [0.5, 0.6) is 5.75 Å². The largest absolute Gasteiger partial charge is 0.486 e. The van der Waals surface area contributed by atoms with Crippen molar-refractivity contribution >= 4 is 5.91 Å². The summed E-state index contributed by atoms with van der Waals surface area (Å²) in [6.07, 6.45) is 5.12. The van der Waals surface area contributed by atoms with Crippen LogP contribution in [0, 0.1) is 0 Å². The fourth-order valence-corrected chi connectivity index (χ4v) is 3.55. The maximum Gasteiger partial charge on any atom is 0.253 e. The van der Waals surface area contributed by atoms with E-state index in [4.69, 9.17) is 9.47 Å². The molecule has 24 heavy (non-hydrogen) atoms. The molecule has 0 N–H and O–H groups in total. The predicted octanol–water partition coefficient (Wildman–Crippen LogP) is 2.53. The number of hydrogen-bond acceptors (Lipinski definition) is 4. The highest BCUT2D eigenvalue weighted by molar-refractivity contribution is 5.94. The number of carbonyl (C=O) groups excluding carboxylic acids is 1. The Hall–Kier alpha value is -2.40. The first kappa shape index (κ1) is 15.1. The zero-order valence-corrected chi connectivity index (χ0v) is 13.4. The average molecular weight is 324 g/mol. The minimum Gasteiger partial charge on any atom is -0.486 e. The van der Waals surface area contributed by atoms with Gasteiger partial charge in [0.25, 0.3) is 5.91 Å². The lowest BCUT2D eigenvalue weighted by molar-refractivity contribution is 0.00995. The van der Waals surface area contributed by atoms with Crippen LogP contribution in [0.2, 0.25) is 0 Å². The van der Waals surface area contributed by atoms with E-state index in [1.807, 2.05) is 47.4 Å². The van der Waals surface area contributed by atoms with E-state index in [1.54, 1.807) is 12.4 Å². The highest BCUT2D eigenvalue weighted by Gasteiger charge is 2.47. The molecule has 0 radical (unpaired) electrons. The van der Waals surface area contributed by atoms with Gasteiger partial charge in [-0.15, -0.1) is 0 Å². The molecule has 5 nitrogen and oxygen atoms in total. The van der Waals surface area contributed by atoms with Gasteiger partial charge in [0.15, 0.2) is 0 Å². The summed E-state index contributed by atoms with van der Waals surface area (Å²) in [5.74, 6) is 0.839. The van der Waals surface area contributed by atoms with Crippen molar-refractivity contribution in [2.45, 2.75) is 24.5 Å². The molecule has 124 valence electrons. The van der Waals surface area contributed by atoms with Gasteiger partial charge in [-0.05, 0) is 30.7 Å². The van der Waals surface area contributed by atoms with E-state index in [0.29, 0.717) is 13.2 Å². The molecule has 0 bridgehead atoms. The molecule has 2 saturated heterocycles. The van der Waals surface area contributed by atoms with Crippen LogP contribution in [-0.2, 0) is 4.74 Å². The monoisotopic (exact) mass is 324 g/mol. The molecule has 1 aromatic carbocycles. The molecule has 2 aliphatic rings. The Labute approximate surface area is 141 Å². The normalized spacial score (nSPS) is 26.0. The second-order valence-electron chi connectivity index (χ2n) is 6.47. The third-order valence-electron chi connectivity index (χ3n) is 4.74. The molecule has 1 spiro atoms. The van der Waals surface area contributed by atoms with Crippen molar-refractivity contribution in [1.29, 1.82) is 0 Å². The minimum atomic E-state index is -0.267. The second-order valence-corrected chi connectivity index (χ2v) is 6.47. The first-order valence-electron chi connectivity index (χ1n) is 8.29. The van der Waals surface area contributed by atoms with Gasteiger partial charge >= 0.3 is 0 Å². The Kier molecular flexibility index (Phi) is 3.94. The van der Waals surface area contributed by atoms with Crippen LogP contribution in [0.1, 0.15) is 23.2 Å². The van der Waals surface area contributed by atoms with Crippen molar-refractivity contribution < 1.29 is 14.3 Å². The summed E-state index contributed by atoms with van der Waals surface area (Å²) in [6.45, 7) is 1.92. The molecule has 0 saturated carbocycles. The lowest BCUT2D eigenvalue weighted by atomic mass is 9.98. The quantitative estimate of drug-likeness (QED) is 0.870. The van der Waals surface area contributed by atoms with E-state index in [-0.39, 0.29) is 17.6 Å². The molecule has 2 fully saturated rings. The first-order valence-corrected chi connectivity index (χ1v) is 8.29. The van der Waals surface area contributed by atoms with Crippen molar-refractivity contribution in [2.75, 3.05) is 19.7 Å². The maximum absolute atomic E-state index is 12.6. The van der Waals surface area contributed by atoms with Crippen LogP contribution >= 0.6 is 0 Å². The molecule has 1 aromatic heterocycles. The van der Waals surface area contributed by atoms with E-state index < -0.39 is 0 Å². The summed E-state index contributed by atoms with van der Waals surface area (Å²) in [4.78, 5) is 18.5. The molecule has 0 aliphatic carbocycles. The summed E-state index contributed by atoms with van der Waals surface area (Å²) >= 11 is 0.